The topological polar surface area (TPSA) is 81.5 Å². The lowest BCUT2D eigenvalue weighted by Gasteiger charge is -2.26. The van der Waals surface area contributed by atoms with E-state index in [1.165, 1.54) is 16.3 Å². The number of amides is 1. The van der Waals surface area contributed by atoms with Gasteiger partial charge in [-0.05, 0) is 30.3 Å². The molecule has 0 N–H and O–H groups in total. The highest BCUT2D eigenvalue weighted by molar-refractivity contribution is 7.99. The minimum Gasteiger partial charge on any atom is -0.378 e. The van der Waals surface area contributed by atoms with E-state index >= 15 is 0 Å². The molecule has 5 rings (SSSR count). The Bertz CT molecular complexity index is 1430. The van der Waals surface area contributed by atoms with Crippen molar-refractivity contribution in [3.8, 4) is 5.69 Å². The summed E-state index contributed by atoms with van der Waals surface area (Å²) in [5.41, 5.74) is 1.92. The van der Waals surface area contributed by atoms with Crippen LogP contribution >= 0.6 is 11.8 Å². The van der Waals surface area contributed by atoms with Gasteiger partial charge < -0.3 is 9.64 Å². The van der Waals surface area contributed by atoms with Crippen molar-refractivity contribution >= 4 is 34.4 Å². The lowest BCUT2D eigenvalue weighted by Crippen LogP contribution is -2.40. The van der Waals surface area contributed by atoms with Gasteiger partial charge in [0.2, 0.25) is 0 Å². The summed E-state index contributed by atoms with van der Waals surface area (Å²) in [6.45, 7) is 2.08. The van der Waals surface area contributed by atoms with Crippen molar-refractivity contribution in [2.45, 2.75) is 5.16 Å². The van der Waals surface area contributed by atoms with Crippen LogP contribution in [0.4, 0.5) is 0 Å². The average Bonchev–Trinajstić information content (AvgIpc) is 2.92. The molecule has 35 heavy (non-hydrogen) atoms. The molecule has 1 saturated heterocycles. The average molecular weight is 486 g/mol. The largest absolute Gasteiger partial charge is 0.378 e. The van der Waals surface area contributed by atoms with E-state index in [1.54, 1.807) is 35.2 Å². The summed E-state index contributed by atoms with van der Waals surface area (Å²) < 4.78 is 6.86. The fourth-order valence-corrected chi connectivity index (χ4v) is 4.89. The van der Waals surface area contributed by atoms with E-state index in [0.717, 1.165) is 0 Å². The number of hydrogen-bond donors (Lipinski definition) is 0. The van der Waals surface area contributed by atoms with Gasteiger partial charge >= 0.3 is 0 Å². The summed E-state index contributed by atoms with van der Waals surface area (Å²) in [5, 5.41) is 0.806. The molecule has 0 bridgehead atoms. The Morgan fingerprint density at radius 2 is 1.57 bits per heavy atom. The number of para-hydroxylation sites is 1. The zero-order valence-corrected chi connectivity index (χ0v) is 19.7. The van der Waals surface area contributed by atoms with Crippen molar-refractivity contribution in [1.82, 2.24) is 14.5 Å². The minimum atomic E-state index is -0.249. The van der Waals surface area contributed by atoms with Crippen molar-refractivity contribution in [1.29, 1.82) is 0 Å². The van der Waals surface area contributed by atoms with E-state index in [4.69, 9.17) is 9.72 Å². The quantitative estimate of drug-likeness (QED) is 0.235. The van der Waals surface area contributed by atoms with Crippen LogP contribution < -0.4 is 5.56 Å². The van der Waals surface area contributed by atoms with Gasteiger partial charge in [0, 0.05) is 24.2 Å². The predicted octanol–water partition coefficient (Wildman–Crippen LogP) is 3.83. The van der Waals surface area contributed by atoms with Crippen LogP contribution in [0, 0.1) is 0 Å². The fourth-order valence-electron chi connectivity index (χ4n) is 3.99. The number of rotatable bonds is 6. The van der Waals surface area contributed by atoms with Gasteiger partial charge in [-0.1, -0.05) is 60.3 Å². The monoisotopic (exact) mass is 485 g/mol. The van der Waals surface area contributed by atoms with Crippen LogP contribution in [-0.4, -0.2) is 58.2 Å². The summed E-state index contributed by atoms with van der Waals surface area (Å²) >= 11 is 1.21. The summed E-state index contributed by atoms with van der Waals surface area (Å²) in [7, 11) is 0. The van der Waals surface area contributed by atoms with Crippen LogP contribution in [0.5, 0.6) is 0 Å². The highest BCUT2D eigenvalue weighted by Gasteiger charge is 2.21. The number of Topliss-reactive ketones (excluding diaryl/α,β-unsaturated/α-hetero) is 1. The molecule has 0 saturated carbocycles. The van der Waals surface area contributed by atoms with Gasteiger partial charge in [-0.15, -0.1) is 0 Å². The maximum Gasteiger partial charge on any atom is 0.266 e. The summed E-state index contributed by atoms with van der Waals surface area (Å²) in [5.74, 6) is -0.0419. The standard InChI is InChI=1S/C27H23N3O4S/c31-24(19-7-3-1-4-8-19)18-35-27-28-23-17-20(25(32)29-13-15-34-16-14-29)11-12-22(23)26(33)30(27)21-9-5-2-6-10-21/h1-12,17H,13-16,18H2. The normalized spacial score (nSPS) is 13.7. The molecule has 1 fully saturated rings. The second kappa shape index (κ2) is 10.2. The Morgan fingerprint density at radius 1 is 0.886 bits per heavy atom. The Hall–Kier alpha value is -3.75. The van der Waals surface area contributed by atoms with Gasteiger partial charge in [-0.25, -0.2) is 4.98 Å². The third kappa shape index (κ3) is 4.89. The minimum absolute atomic E-state index is 0.0548. The van der Waals surface area contributed by atoms with Crippen molar-refractivity contribution < 1.29 is 14.3 Å². The number of carbonyl (C=O) groups is 2. The van der Waals surface area contributed by atoms with E-state index in [2.05, 4.69) is 0 Å². The van der Waals surface area contributed by atoms with E-state index < -0.39 is 0 Å². The number of nitrogens with zero attached hydrogens (tertiary/aromatic N) is 3. The molecule has 176 valence electrons. The van der Waals surface area contributed by atoms with E-state index in [-0.39, 0.29) is 23.0 Å². The lowest BCUT2D eigenvalue weighted by molar-refractivity contribution is 0.0303. The van der Waals surface area contributed by atoms with Crippen molar-refractivity contribution in [3.05, 3.63) is 100 Å². The van der Waals surface area contributed by atoms with Crippen molar-refractivity contribution in [3.63, 3.8) is 0 Å². The first-order chi connectivity index (χ1) is 17.1. The van der Waals surface area contributed by atoms with Gasteiger partial charge in [0.1, 0.15) is 0 Å². The fraction of sp³-hybridized carbons (Fsp3) is 0.185. The Morgan fingerprint density at radius 3 is 2.29 bits per heavy atom. The number of carbonyl (C=O) groups excluding carboxylic acids is 2. The van der Waals surface area contributed by atoms with Crippen LogP contribution in [0.15, 0.2) is 88.8 Å². The number of hydrogen-bond acceptors (Lipinski definition) is 6. The second-order valence-electron chi connectivity index (χ2n) is 8.08. The molecule has 0 atom stereocenters. The molecule has 1 aliphatic rings. The molecule has 0 spiro atoms. The zero-order valence-electron chi connectivity index (χ0n) is 18.9. The first-order valence-electron chi connectivity index (χ1n) is 11.3. The third-order valence-electron chi connectivity index (χ3n) is 5.83. The maximum atomic E-state index is 13.6. The van der Waals surface area contributed by atoms with E-state index in [9.17, 15) is 14.4 Å². The molecule has 1 amide bonds. The predicted molar refractivity (Wildman–Crippen MR) is 136 cm³/mol. The smallest absolute Gasteiger partial charge is 0.266 e. The van der Waals surface area contributed by atoms with Crippen LogP contribution in [0.1, 0.15) is 20.7 Å². The second-order valence-corrected chi connectivity index (χ2v) is 9.03. The summed E-state index contributed by atoms with van der Waals surface area (Å²) in [6.07, 6.45) is 0. The number of ether oxygens (including phenoxy) is 1. The van der Waals surface area contributed by atoms with Crippen LogP contribution in [0.3, 0.4) is 0 Å². The molecule has 1 aromatic heterocycles. The van der Waals surface area contributed by atoms with Crippen molar-refractivity contribution in [2.75, 3.05) is 32.1 Å². The first kappa shape index (κ1) is 23.0. The number of aromatic nitrogens is 2. The number of morpholine rings is 1. The SMILES string of the molecule is O=C(CSc1nc2cc(C(=O)N3CCOCC3)ccc2c(=O)n1-c1ccccc1)c1ccccc1. The molecule has 4 aromatic rings. The van der Waals surface area contributed by atoms with E-state index in [1.807, 2.05) is 48.5 Å². The first-order valence-corrected chi connectivity index (χ1v) is 12.3. The van der Waals surface area contributed by atoms with Crippen LogP contribution in [0.2, 0.25) is 0 Å². The molecule has 1 aliphatic heterocycles. The maximum absolute atomic E-state index is 13.6. The van der Waals surface area contributed by atoms with E-state index in [0.29, 0.717) is 59.2 Å². The van der Waals surface area contributed by atoms with Crippen LogP contribution in [-0.2, 0) is 4.74 Å². The molecule has 8 heteroatoms. The highest BCUT2D eigenvalue weighted by atomic mass is 32.2. The molecule has 0 unspecified atom stereocenters. The molecule has 0 radical (unpaired) electrons. The van der Waals surface area contributed by atoms with Gasteiger partial charge in [0.25, 0.3) is 11.5 Å². The number of thioether (sulfide) groups is 1. The number of ketones is 1. The lowest BCUT2D eigenvalue weighted by atomic mass is 10.1. The number of fused-ring (bicyclic) bond motifs is 1. The van der Waals surface area contributed by atoms with Gasteiger partial charge in [-0.2, -0.15) is 0 Å². The summed E-state index contributed by atoms with van der Waals surface area (Å²) in [6, 6.07) is 23.2. The van der Waals surface area contributed by atoms with Crippen molar-refractivity contribution in [2.24, 2.45) is 0 Å². The molecule has 2 heterocycles. The van der Waals surface area contributed by atoms with Gasteiger partial charge in [0.05, 0.1) is 35.6 Å². The Balaban J connectivity index is 1.54. The molecule has 3 aromatic carbocycles. The van der Waals surface area contributed by atoms with Crippen LogP contribution in [0.25, 0.3) is 16.6 Å². The molecular weight excluding hydrogens is 462 g/mol. The Kier molecular flexibility index (Phi) is 6.74. The molecule has 0 aliphatic carbocycles. The van der Waals surface area contributed by atoms with Gasteiger partial charge in [0.15, 0.2) is 10.9 Å². The highest BCUT2D eigenvalue weighted by Crippen LogP contribution is 2.23. The zero-order chi connectivity index (χ0) is 24.2. The Labute approximate surface area is 206 Å². The summed E-state index contributed by atoms with van der Waals surface area (Å²) in [4.78, 5) is 45.8. The third-order valence-corrected chi connectivity index (χ3v) is 6.76. The number of benzene rings is 3. The molecule has 7 nitrogen and oxygen atoms in total. The van der Waals surface area contributed by atoms with Gasteiger partial charge in [-0.3, -0.25) is 19.0 Å². The molecular formula is C27H23N3O4S.